The van der Waals surface area contributed by atoms with Gasteiger partial charge in [0.2, 0.25) is 0 Å². The molecular formula is C52H31N3O. The summed E-state index contributed by atoms with van der Waals surface area (Å²) in [7, 11) is 0. The third-order valence-corrected chi connectivity index (χ3v) is 11.8. The zero-order chi connectivity index (χ0) is 36.8. The van der Waals surface area contributed by atoms with Crippen molar-refractivity contribution in [2.24, 2.45) is 0 Å². The first kappa shape index (κ1) is 31.0. The Morgan fingerprint density at radius 2 is 0.804 bits per heavy atom. The zero-order valence-electron chi connectivity index (χ0n) is 30.1. The second-order valence-corrected chi connectivity index (χ2v) is 14.7. The molecule has 0 atom stereocenters. The maximum absolute atomic E-state index is 6.69. The van der Waals surface area contributed by atoms with E-state index < -0.39 is 5.41 Å². The lowest BCUT2D eigenvalue weighted by molar-refractivity contribution is 0.669. The van der Waals surface area contributed by atoms with E-state index in [9.17, 15) is 0 Å². The summed E-state index contributed by atoms with van der Waals surface area (Å²) < 4.78 is 6.69. The van der Waals surface area contributed by atoms with Gasteiger partial charge in [-0.1, -0.05) is 164 Å². The van der Waals surface area contributed by atoms with Crippen LogP contribution >= 0.6 is 0 Å². The Balaban J connectivity index is 1.03. The van der Waals surface area contributed by atoms with E-state index in [2.05, 4.69) is 121 Å². The van der Waals surface area contributed by atoms with Crippen molar-refractivity contribution in [3.8, 4) is 67.5 Å². The van der Waals surface area contributed by atoms with E-state index in [-0.39, 0.29) is 0 Å². The Morgan fingerprint density at radius 3 is 1.41 bits per heavy atom. The fourth-order valence-electron chi connectivity index (χ4n) is 9.36. The van der Waals surface area contributed by atoms with Crippen molar-refractivity contribution in [1.82, 2.24) is 15.0 Å². The molecule has 0 N–H and O–H groups in total. The number of hydrogen-bond acceptors (Lipinski definition) is 4. The Hall–Kier alpha value is -7.43. The van der Waals surface area contributed by atoms with Crippen molar-refractivity contribution in [2.45, 2.75) is 5.41 Å². The lowest BCUT2D eigenvalue weighted by Crippen LogP contribution is -2.25. The molecule has 0 unspecified atom stereocenters. The van der Waals surface area contributed by atoms with E-state index in [0.29, 0.717) is 17.5 Å². The second-order valence-electron chi connectivity index (χ2n) is 14.7. The molecular weight excluding hydrogens is 683 g/mol. The standard InChI is InChI=1S/C52H31N3O/c1-3-14-32(15-4-1)49-53-50(33-16-5-2-6-17-33)55-51(54-49)41-22-13-21-40-42-30-34(27-29-47(42)56-48(40)41)35-26-28-39-38-20-9-12-25-45(38)52(46(39)31-35)43-23-10-7-18-36(43)37-19-8-11-24-44(37)52/h1-31H. The van der Waals surface area contributed by atoms with E-state index in [1.54, 1.807) is 0 Å². The molecule has 0 saturated carbocycles. The molecule has 0 radical (unpaired) electrons. The average Bonchev–Trinajstić information content (AvgIpc) is 3.90. The minimum Gasteiger partial charge on any atom is -0.455 e. The van der Waals surface area contributed by atoms with E-state index in [0.717, 1.165) is 44.2 Å². The number of para-hydroxylation sites is 1. The number of nitrogens with zero attached hydrogens (tertiary/aromatic N) is 3. The Kier molecular flexibility index (Phi) is 6.52. The first-order valence-corrected chi connectivity index (χ1v) is 19.0. The predicted molar refractivity (Wildman–Crippen MR) is 225 cm³/mol. The van der Waals surface area contributed by atoms with Gasteiger partial charge in [0.05, 0.1) is 11.0 Å². The molecule has 0 saturated heterocycles. The van der Waals surface area contributed by atoms with Crippen LogP contribution in [-0.2, 0) is 5.41 Å². The Labute approximate surface area is 323 Å². The maximum atomic E-state index is 6.69. The Morgan fingerprint density at radius 1 is 0.321 bits per heavy atom. The van der Waals surface area contributed by atoms with Crippen molar-refractivity contribution in [1.29, 1.82) is 0 Å². The summed E-state index contributed by atoms with van der Waals surface area (Å²) in [6.45, 7) is 0. The number of fused-ring (bicyclic) bond motifs is 13. The molecule has 260 valence electrons. The van der Waals surface area contributed by atoms with Gasteiger partial charge in [-0.25, -0.2) is 15.0 Å². The molecule has 10 aromatic rings. The van der Waals surface area contributed by atoms with Gasteiger partial charge in [-0.05, 0) is 79.9 Å². The van der Waals surface area contributed by atoms with Crippen LogP contribution in [-0.4, -0.2) is 15.0 Å². The molecule has 56 heavy (non-hydrogen) atoms. The molecule has 12 rings (SSSR count). The highest BCUT2D eigenvalue weighted by molar-refractivity contribution is 6.10. The molecule has 0 amide bonds. The average molecular weight is 714 g/mol. The highest BCUT2D eigenvalue weighted by Gasteiger charge is 2.51. The van der Waals surface area contributed by atoms with Crippen LogP contribution < -0.4 is 0 Å². The topological polar surface area (TPSA) is 51.8 Å². The third-order valence-electron chi connectivity index (χ3n) is 11.8. The van der Waals surface area contributed by atoms with Crippen molar-refractivity contribution < 1.29 is 4.42 Å². The lowest BCUT2D eigenvalue weighted by Gasteiger charge is -2.30. The van der Waals surface area contributed by atoms with Crippen LogP contribution in [0, 0.1) is 0 Å². The van der Waals surface area contributed by atoms with Gasteiger partial charge in [-0.3, -0.25) is 0 Å². The van der Waals surface area contributed by atoms with Gasteiger partial charge in [0, 0.05) is 21.9 Å². The summed E-state index contributed by atoms with van der Waals surface area (Å²) in [6, 6.07) is 66.8. The molecule has 2 aliphatic carbocycles. The van der Waals surface area contributed by atoms with Crippen molar-refractivity contribution in [3.05, 3.63) is 210 Å². The maximum Gasteiger partial charge on any atom is 0.167 e. The largest absolute Gasteiger partial charge is 0.455 e. The monoisotopic (exact) mass is 713 g/mol. The number of hydrogen-bond donors (Lipinski definition) is 0. The highest BCUT2D eigenvalue weighted by Crippen LogP contribution is 2.63. The van der Waals surface area contributed by atoms with Crippen LogP contribution in [0.3, 0.4) is 0 Å². The van der Waals surface area contributed by atoms with Crippen LogP contribution in [0.4, 0.5) is 0 Å². The summed E-state index contributed by atoms with van der Waals surface area (Å²) in [5.74, 6) is 1.81. The molecule has 2 heterocycles. The SMILES string of the molecule is c1ccc(-c2nc(-c3ccccc3)nc(-c3cccc4c3oc3ccc(-c5ccc6c(c5)C5(c7ccccc7-c7ccccc75)c5ccccc5-6)cc34)n2)cc1. The molecule has 2 aliphatic rings. The number of rotatable bonds is 4. The minimum absolute atomic E-state index is 0.391. The van der Waals surface area contributed by atoms with Crippen molar-refractivity contribution in [3.63, 3.8) is 0 Å². The number of furan rings is 1. The lowest BCUT2D eigenvalue weighted by atomic mass is 9.70. The van der Waals surface area contributed by atoms with Crippen LogP contribution in [0.25, 0.3) is 89.5 Å². The summed E-state index contributed by atoms with van der Waals surface area (Å²) in [5, 5.41) is 2.07. The molecule has 2 aromatic heterocycles. The number of benzene rings is 8. The molecule has 0 aliphatic heterocycles. The van der Waals surface area contributed by atoms with Gasteiger partial charge in [0.15, 0.2) is 17.5 Å². The second kappa shape index (κ2) is 11.8. The normalized spacial score (nSPS) is 13.1. The van der Waals surface area contributed by atoms with E-state index in [1.807, 2.05) is 66.7 Å². The summed E-state index contributed by atoms with van der Waals surface area (Å²) in [6.07, 6.45) is 0. The summed E-state index contributed by atoms with van der Waals surface area (Å²) in [4.78, 5) is 14.9. The smallest absolute Gasteiger partial charge is 0.167 e. The van der Waals surface area contributed by atoms with Crippen LogP contribution in [0.1, 0.15) is 22.3 Å². The fourth-order valence-corrected chi connectivity index (χ4v) is 9.36. The molecule has 0 fully saturated rings. The molecule has 8 aromatic carbocycles. The first-order valence-electron chi connectivity index (χ1n) is 19.0. The predicted octanol–water partition coefficient (Wildman–Crippen LogP) is 12.8. The van der Waals surface area contributed by atoms with Crippen LogP contribution in [0.2, 0.25) is 0 Å². The van der Waals surface area contributed by atoms with Crippen molar-refractivity contribution >= 4 is 21.9 Å². The minimum atomic E-state index is -0.391. The van der Waals surface area contributed by atoms with E-state index >= 15 is 0 Å². The quantitative estimate of drug-likeness (QED) is 0.182. The first-order chi connectivity index (χ1) is 27.8. The van der Waals surface area contributed by atoms with Gasteiger partial charge in [0.1, 0.15) is 11.2 Å². The summed E-state index contributed by atoms with van der Waals surface area (Å²) in [5.41, 5.74) is 16.7. The van der Waals surface area contributed by atoms with Gasteiger partial charge in [-0.15, -0.1) is 0 Å². The highest BCUT2D eigenvalue weighted by atomic mass is 16.3. The van der Waals surface area contributed by atoms with Gasteiger partial charge in [0.25, 0.3) is 0 Å². The zero-order valence-corrected chi connectivity index (χ0v) is 30.1. The van der Waals surface area contributed by atoms with Gasteiger partial charge in [-0.2, -0.15) is 0 Å². The summed E-state index contributed by atoms with van der Waals surface area (Å²) >= 11 is 0. The van der Waals surface area contributed by atoms with Crippen LogP contribution in [0.15, 0.2) is 192 Å². The van der Waals surface area contributed by atoms with E-state index in [1.165, 1.54) is 50.1 Å². The molecule has 4 heteroatoms. The Bertz CT molecular complexity index is 3080. The fraction of sp³-hybridized carbons (Fsp3) is 0.0192. The van der Waals surface area contributed by atoms with Gasteiger partial charge >= 0.3 is 0 Å². The molecule has 4 nitrogen and oxygen atoms in total. The van der Waals surface area contributed by atoms with E-state index in [4.69, 9.17) is 19.4 Å². The van der Waals surface area contributed by atoms with Gasteiger partial charge < -0.3 is 4.42 Å². The third kappa shape index (κ3) is 4.32. The molecule has 0 bridgehead atoms. The van der Waals surface area contributed by atoms with Crippen molar-refractivity contribution in [2.75, 3.05) is 0 Å². The molecule has 1 spiro atoms. The number of aromatic nitrogens is 3. The van der Waals surface area contributed by atoms with Crippen LogP contribution in [0.5, 0.6) is 0 Å².